The summed E-state index contributed by atoms with van der Waals surface area (Å²) in [6.07, 6.45) is 5.84. The highest BCUT2D eigenvalue weighted by molar-refractivity contribution is 7.99. The van der Waals surface area contributed by atoms with Crippen molar-refractivity contribution in [3.8, 4) is 0 Å². The Bertz CT molecular complexity index is 196. The van der Waals surface area contributed by atoms with Gasteiger partial charge in [0.05, 0.1) is 4.99 Å². The summed E-state index contributed by atoms with van der Waals surface area (Å²) in [4.78, 5) is 0.940. The van der Waals surface area contributed by atoms with Crippen molar-refractivity contribution in [2.75, 3.05) is 25.4 Å². The van der Waals surface area contributed by atoms with Crippen LogP contribution in [0, 0.1) is 0 Å². The fourth-order valence-corrected chi connectivity index (χ4v) is 2.94. The Morgan fingerprint density at radius 2 is 2.38 bits per heavy atom. The highest BCUT2D eigenvalue weighted by atomic mass is 32.2. The van der Waals surface area contributed by atoms with E-state index in [1.165, 1.54) is 19.3 Å². The fraction of sp³-hybridized carbons (Fsp3) is 0.909. The lowest BCUT2D eigenvalue weighted by atomic mass is 10.2. The molecule has 1 fully saturated rings. The van der Waals surface area contributed by atoms with Gasteiger partial charge in [0.25, 0.3) is 0 Å². The van der Waals surface area contributed by atoms with Crippen molar-refractivity contribution >= 4 is 29.0 Å². The smallest absolute Gasteiger partial charge is 0.103 e. The lowest BCUT2D eigenvalue weighted by Gasteiger charge is -2.21. The van der Waals surface area contributed by atoms with Crippen LogP contribution in [0.25, 0.3) is 0 Å². The molecule has 0 bridgehead atoms. The normalized spacial score (nSPS) is 20.7. The molecule has 1 atom stereocenters. The van der Waals surface area contributed by atoms with Crippen molar-refractivity contribution in [3.63, 3.8) is 0 Å². The van der Waals surface area contributed by atoms with E-state index in [2.05, 4.69) is 5.32 Å². The van der Waals surface area contributed by atoms with Crippen LogP contribution < -0.4 is 11.1 Å². The molecular formula is C11H22N2OS2. The second-order valence-corrected chi connectivity index (χ2v) is 5.67. The number of ether oxygens (including phenoxy) is 1. The minimum absolute atomic E-state index is 0.430. The van der Waals surface area contributed by atoms with Gasteiger partial charge in [-0.2, -0.15) is 0 Å². The lowest BCUT2D eigenvalue weighted by molar-refractivity contribution is 0.0728. The zero-order chi connectivity index (χ0) is 11.6. The summed E-state index contributed by atoms with van der Waals surface area (Å²) in [6, 6.07) is 0. The molecule has 0 spiro atoms. The molecule has 0 aromatic rings. The number of nitrogens with two attached hydrogens (primary N) is 1. The fourth-order valence-electron chi connectivity index (χ4n) is 1.59. The number of hydrogen-bond acceptors (Lipinski definition) is 4. The summed E-state index contributed by atoms with van der Waals surface area (Å²) in [7, 11) is 0. The molecule has 1 unspecified atom stereocenters. The van der Waals surface area contributed by atoms with Gasteiger partial charge in [-0.15, -0.1) is 11.8 Å². The third kappa shape index (κ3) is 6.68. The molecule has 94 valence electrons. The molecule has 1 saturated heterocycles. The number of nitrogens with one attached hydrogen (secondary N) is 1. The van der Waals surface area contributed by atoms with Gasteiger partial charge in [0.1, 0.15) is 5.44 Å². The first-order valence-electron chi connectivity index (χ1n) is 6.03. The predicted molar refractivity (Wildman–Crippen MR) is 74.9 cm³/mol. The zero-order valence-electron chi connectivity index (χ0n) is 9.74. The summed E-state index contributed by atoms with van der Waals surface area (Å²) < 4.78 is 5.65. The predicted octanol–water partition coefficient (Wildman–Crippen LogP) is 1.90. The molecule has 5 heteroatoms. The Morgan fingerprint density at radius 3 is 3.06 bits per heavy atom. The Hall–Kier alpha value is 0.160. The van der Waals surface area contributed by atoms with Crippen LogP contribution in [0.3, 0.4) is 0 Å². The standard InChI is InChI=1S/C11H22N2OS2/c12-6-7-13-10(15)4-3-9-16-11-5-1-2-8-14-11/h11H,1-9,12H2,(H,13,15). The first-order chi connectivity index (χ1) is 7.83. The maximum atomic E-state index is 5.65. The van der Waals surface area contributed by atoms with E-state index >= 15 is 0 Å². The van der Waals surface area contributed by atoms with Gasteiger partial charge < -0.3 is 15.8 Å². The van der Waals surface area contributed by atoms with E-state index in [1.807, 2.05) is 11.8 Å². The molecule has 3 N–H and O–H groups in total. The van der Waals surface area contributed by atoms with Crippen molar-refractivity contribution in [1.82, 2.24) is 5.32 Å². The van der Waals surface area contributed by atoms with Crippen LogP contribution in [0.5, 0.6) is 0 Å². The number of rotatable bonds is 7. The third-order valence-electron chi connectivity index (χ3n) is 2.46. The molecule has 1 aliphatic heterocycles. The molecule has 0 radical (unpaired) electrons. The minimum atomic E-state index is 0.430. The van der Waals surface area contributed by atoms with E-state index < -0.39 is 0 Å². The summed E-state index contributed by atoms with van der Waals surface area (Å²) in [5, 5.41) is 3.14. The van der Waals surface area contributed by atoms with Gasteiger partial charge in [-0.3, -0.25) is 0 Å². The highest BCUT2D eigenvalue weighted by Crippen LogP contribution is 2.23. The first-order valence-corrected chi connectivity index (χ1v) is 7.48. The molecule has 0 aromatic heterocycles. The van der Waals surface area contributed by atoms with Crippen molar-refractivity contribution in [3.05, 3.63) is 0 Å². The van der Waals surface area contributed by atoms with Crippen LogP contribution in [0.4, 0.5) is 0 Å². The first kappa shape index (κ1) is 14.2. The number of hydrogen-bond donors (Lipinski definition) is 2. The summed E-state index contributed by atoms with van der Waals surface area (Å²) in [5.41, 5.74) is 5.82. The van der Waals surface area contributed by atoms with E-state index in [0.29, 0.717) is 12.0 Å². The summed E-state index contributed by atoms with van der Waals surface area (Å²) >= 11 is 7.11. The van der Waals surface area contributed by atoms with Gasteiger partial charge in [0.2, 0.25) is 0 Å². The van der Waals surface area contributed by atoms with Crippen molar-refractivity contribution in [1.29, 1.82) is 0 Å². The van der Waals surface area contributed by atoms with Gasteiger partial charge in [-0.25, -0.2) is 0 Å². The molecule has 0 aromatic carbocycles. The number of thiocarbonyl (C=S) groups is 1. The third-order valence-corrected chi connectivity index (χ3v) is 4.07. The average Bonchev–Trinajstić information content (AvgIpc) is 2.33. The molecule has 1 heterocycles. The van der Waals surface area contributed by atoms with E-state index in [1.54, 1.807) is 0 Å². The van der Waals surface area contributed by atoms with Gasteiger partial charge in [0, 0.05) is 19.7 Å². The van der Waals surface area contributed by atoms with Crippen LogP contribution in [0.15, 0.2) is 0 Å². The maximum Gasteiger partial charge on any atom is 0.103 e. The Kier molecular flexibility index (Phi) is 8.19. The maximum absolute atomic E-state index is 5.65. The topological polar surface area (TPSA) is 47.3 Å². The van der Waals surface area contributed by atoms with E-state index in [-0.39, 0.29) is 0 Å². The molecule has 3 nitrogen and oxygen atoms in total. The second-order valence-electron chi connectivity index (χ2n) is 3.91. The van der Waals surface area contributed by atoms with Crippen LogP contribution >= 0.6 is 24.0 Å². The van der Waals surface area contributed by atoms with E-state index in [4.69, 9.17) is 22.7 Å². The second kappa shape index (κ2) is 9.22. The average molecular weight is 262 g/mol. The molecule has 0 saturated carbocycles. The molecule has 1 aliphatic rings. The quantitative estimate of drug-likeness (QED) is 0.542. The minimum Gasteiger partial charge on any atom is -0.378 e. The monoisotopic (exact) mass is 262 g/mol. The Morgan fingerprint density at radius 1 is 1.50 bits per heavy atom. The molecule has 0 aliphatic carbocycles. The Labute approximate surface area is 108 Å². The van der Waals surface area contributed by atoms with E-state index in [9.17, 15) is 0 Å². The summed E-state index contributed by atoms with van der Waals surface area (Å²) in [6.45, 7) is 2.37. The van der Waals surface area contributed by atoms with E-state index in [0.717, 1.165) is 36.7 Å². The molecular weight excluding hydrogens is 240 g/mol. The van der Waals surface area contributed by atoms with Crippen molar-refractivity contribution < 1.29 is 4.74 Å². The van der Waals surface area contributed by atoms with Crippen LogP contribution in [0.1, 0.15) is 32.1 Å². The Balaban J connectivity index is 1.92. The van der Waals surface area contributed by atoms with Gasteiger partial charge >= 0.3 is 0 Å². The summed E-state index contributed by atoms with van der Waals surface area (Å²) in [5.74, 6) is 1.13. The van der Waals surface area contributed by atoms with Crippen molar-refractivity contribution in [2.45, 2.75) is 37.5 Å². The number of thioether (sulfide) groups is 1. The van der Waals surface area contributed by atoms with Gasteiger partial charge in [-0.05, 0) is 37.9 Å². The highest BCUT2D eigenvalue weighted by Gasteiger charge is 2.13. The van der Waals surface area contributed by atoms with Crippen molar-refractivity contribution in [2.24, 2.45) is 5.73 Å². The molecule has 0 amide bonds. The lowest BCUT2D eigenvalue weighted by Crippen LogP contribution is -2.27. The largest absolute Gasteiger partial charge is 0.378 e. The van der Waals surface area contributed by atoms with Crippen LogP contribution in [0.2, 0.25) is 0 Å². The molecule has 1 rings (SSSR count). The molecule has 16 heavy (non-hydrogen) atoms. The van der Waals surface area contributed by atoms with Crippen LogP contribution in [-0.2, 0) is 4.74 Å². The van der Waals surface area contributed by atoms with Gasteiger partial charge in [0.15, 0.2) is 0 Å². The zero-order valence-corrected chi connectivity index (χ0v) is 11.4. The SMILES string of the molecule is NCCNC(=S)CCCSC1CCCCO1. The van der Waals surface area contributed by atoms with Crippen LogP contribution in [-0.4, -0.2) is 35.9 Å². The van der Waals surface area contributed by atoms with Gasteiger partial charge in [-0.1, -0.05) is 12.2 Å².